The first-order valence-electron chi connectivity index (χ1n) is 6.63. The molecule has 1 heterocycles. The summed E-state index contributed by atoms with van der Waals surface area (Å²) in [4.78, 5) is 15.8. The molecule has 0 aliphatic rings. The van der Waals surface area contributed by atoms with E-state index in [9.17, 15) is 4.79 Å². The molecule has 0 aliphatic heterocycles. The second-order valence-electron chi connectivity index (χ2n) is 4.80. The fourth-order valence-corrected chi connectivity index (χ4v) is 1.94. The number of aromatic nitrogens is 3. The van der Waals surface area contributed by atoms with Crippen LogP contribution in [-0.2, 0) is 6.54 Å². The third kappa shape index (κ3) is 4.20. The normalized spacial score (nSPS) is 11.8. The largest absolute Gasteiger partial charge is 0.497 e. The number of urea groups is 1. The SMILES string of the molecule is COc1ccc(NC(=O)NC(C)Cn2cncn2)c(C)c1. The van der Waals surface area contributed by atoms with Crippen molar-refractivity contribution in [2.24, 2.45) is 0 Å². The van der Waals surface area contributed by atoms with E-state index in [0.29, 0.717) is 6.54 Å². The molecule has 1 atom stereocenters. The van der Waals surface area contributed by atoms with Crippen molar-refractivity contribution < 1.29 is 9.53 Å². The molecule has 0 aliphatic carbocycles. The number of nitrogens with one attached hydrogen (secondary N) is 2. The summed E-state index contributed by atoms with van der Waals surface area (Å²) in [7, 11) is 1.61. The van der Waals surface area contributed by atoms with Gasteiger partial charge in [0.1, 0.15) is 18.4 Å². The van der Waals surface area contributed by atoms with Gasteiger partial charge in [-0.15, -0.1) is 0 Å². The lowest BCUT2D eigenvalue weighted by atomic mass is 10.2. The predicted molar refractivity (Wildman–Crippen MR) is 79.4 cm³/mol. The summed E-state index contributed by atoms with van der Waals surface area (Å²) in [5.41, 5.74) is 1.69. The molecule has 2 amide bonds. The van der Waals surface area contributed by atoms with Crippen LogP contribution >= 0.6 is 0 Å². The molecular formula is C14H19N5O2. The highest BCUT2D eigenvalue weighted by Crippen LogP contribution is 2.20. The molecule has 1 unspecified atom stereocenters. The summed E-state index contributed by atoms with van der Waals surface area (Å²) in [6.45, 7) is 4.38. The molecule has 0 radical (unpaired) electrons. The molecule has 0 saturated carbocycles. The van der Waals surface area contributed by atoms with Crippen LogP contribution < -0.4 is 15.4 Å². The van der Waals surface area contributed by atoms with Crippen LogP contribution in [0.5, 0.6) is 5.75 Å². The second kappa shape index (κ2) is 6.74. The van der Waals surface area contributed by atoms with Gasteiger partial charge in [0.05, 0.1) is 13.7 Å². The Kier molecular flexibility index (Phi) is 4.76. The molecule has 7 heteroatoms. The van der Waals surface area contributed by atoms with Gasteiger partial charge in [-0.05, 0) is 37.6 Å². The first kappa shape index (κ1) is 14.8. The molecule has 0 bridgehead atoms. The summed E-state index contributed by atoms with van der Waals surface area (Å²) in [5.74, 6) is 0.762. The Hall–Kier alpha value is -2.57. The number of anilines is 1. The Morgan fingerprint density at radius 3 is 2.90 bits per heavy atom. The van der Waals surface area contributed by atoms with Gasteiger partial charge in [0.25, 0.3) is 0 Å². The number of aryl methyl sites for hydroxylation is 1. The van der Waals surface area contributed by atoms with Gasteiger partial charge >= 0.3 is 6.03 Å². The lowest BCUT2D eigenvalue weighted by Crippen LogP contribution is -2.38. The number of amides is 2. The Balaban J connectivity index is 1.89. The Morgan fingerprint density at radius 2 is 2.29 bits per heavy atom. The van der Waals surface area contributed by atoms with Crippen molar-refractivity contribution in [3.8, 4) is 5.75 Å². The van der Waals surface area contributed by atoms with Crippen molar-refractivity contribution in [1.29, 1.82) is 0 Å². The summed E-state index contributed by atoms with van der Waals surface area (Å²) in [6, 6.07) is 5.17. The van der Waals surface area contributed by atoms with Crippen molar-refractivity contribution in [3.05, 3.63) is 36.4 Å². The van der Waals surface area contributed by atoms with E-state index in [1.54, 1.807) is 24.2 Å². The van der Waals surface area contributed by atoms with Gasteiger partial charge in [-0.25, -0.2) is 9.78 Å². The van der Waals surface area contributed by atoms with Gasteiger partial charge in [0.2, 0.25) is 0 Å². The van der Waals surface area contributed by atoms with Gasteiger partial charge in [0.15, 0.2) is 0 Å². The third-order valence-electron chi connectivity index (χ3n) is 2.99. The van der Waals surface area contributed by atoms with Crippen molar-refractivity contribution in [3.63, 3.8) is 0 Å². The predicted octanol–water partition coefficient (Wildman–Crippen LogP) is 1.81. The van der Waals surface area contributed by atoms with Crippen LogP contribution in [0.2, 0.25) is 0 Å². The summed E-state index contributed by atoms with van der Waals surface area (Å²) >= 11 is 0. The molecule has 0 spiro atoms. The van der Waals surface area contributed by atoms with E-state index in [1.807, 2.05) is 26.0 Å². The van der Waals surface area contributed by atoms with Crippen LogP contribution in [0.3, 0.4) is 0 Å². The molecule has 2 aromatic rings. The molecular weight excluding hydrogens is 270 g/mol. The van der Waals surface area contributed by atoms with Gasteiger partial charge < -0.3 is 15.4 Å². The molecule has 112 valence electrons. The number of carbonyl (C=O) groups excluding carboxylic acids is 1. The number of benzene rings is 1. The van der Waals surface area contributed by atoms with E-state index < -0.39 is 0 Å². The van der Waals surface area contributed by atoms with Crippen LogP contribution in [0.1, 0.15) is 12.5 Å². The van der Waals surface area contributed by atoms with Crippen LogP contribution in [0.4, 0.5) is 10.5 Å². The number of methoxy groups -OCH3 is 1. The maximum absolute atomic E-state index is 12.0. The number of rotatable bonds is 5. The molecule has 2 N–H and O–H groups in total. The molecule has 1 aromatic heterocycles. The van der Waals surface area contributed by atoms with Crippen LogP contribution in [0, 0.1) is 6.92 Å². The second-order valence-corrected chi connectivity index (χ2v) is 4.80. The monoisotopic (exact) mass is 289 g/mol. The quantitative estimate of drug-likeness (QED) is 0.879. The fraction of sp³-hybridized carbons (Fsp3) is 0.357. The molecule has 0 fully saturated rings. The van der Waals surface area contributed by atoms with Gasteiger partial charge in [-0.2, -0.15) is 5.10 Å². The smallest absolute Gasteiger partial charge is 0.319 e. The van der Waals surface area contributed by atoms with Crippen molar-refractivity contribution in [1.82, 2.24) is 20.1 Å². The minimum Gasteiger partial charge on any atom is -0.497 e. The maximum Gasteiger partial charge on any atom is 0.319 e. The Morgan fingerprint density at radius 1 is 1.48 bits per heavy atom. The van der Waals surface area contributed by atoms with E-state index in [4.69, 9.17) is 4.74 Å². The van der Waals surface area contributed by atoms with Gasteiger partial charge in [0, 0.05) is 11.7 Å². The van der Waals surface area contributed by atoms with E-state index in [1.165, 1.54) is 6.33 Å². The number of carbonyl (C=O) groups is 1. The highest BCUT2D eigenvalue weighted by Gasteiger charge is 2.10. The van der Waals surface area contributed by atoms with Gasteiger partial charge in [-0.3, -0.25) is 4.68 Å². The molecule has 1 aromatic carbocycles. The Bertz CT molecular complexity index is 597. The molecule has 21 heavy (non-hydrogen) atoms. The first-order chi connectivity index (χ1) is 10.1. The number of hydrogen-bond acceptors (Lipinski definition) is 4. The van der Waals surface area contributed by atoms with Crippen LogP contribution in [0.25, 0.3) is 0 Å². The molecule has 0 saturated heterocycles. The van der Waals surface area contributed by atoms with E-state index >= 15 is 0 Å². The number of ether oxygens (including phenoxy) is 1. The Labute approximate surface area is 123 Å². The van der Waals surface area contributed by atoms with E-state index in [2.05, 4.69) is 20.7 Å². The van der Waals surface area contributed by atoms with Crippen molar-refractivity contribution in [2.45, 2.75) is 26.4 Å². The van der Waals surface area contributed by atoms with Gasteiger partial charge in [-0.1, -0.05) is 0 Å². The molecule has 7 nitrogen and oxygen atoms in total. The highest BCUT2D eigenvalue weighted by atomic mass is 16.5. The average Bonchev–Trinajstić information content (AvgIpc) is 2.93. The van der Waals surface area contributed by atoms with E-state index in [0.717, 1.165) is 17.0 Å². The standard InChI is InChI=1S/C14H19N5O2/c1-10-6-12(21-3)4-5-13(10)18-14(20)17-11(2)7-19-9-15-8-16-19/h4-6,8-9,11H,7H2,1-3H3,(H2,17,18,20). The lowest BCUT2D eigenvalue weighted by molar-refractivity contribution is 0.247. The van der Waals surface area contributed by atoms with E-state index in [-0.39, 0.29) is 12.1 Å². The third-order valence-corrected chi connectivity index (χ3v) is 2.99. The maximum atomic E-state index is 12.0. The minimum atomic E-state index is -0.254. The molecule has 2 rings (SSSR count). The zero-order chi connectivity index (χ0) is 15.2. The average molecular weight is 289 g/mol. The number of nitrogens with zero attached hydrogens (tertiary/aromatic N) is 3. The van der Waals surface area contributed by atoms with Crippen LogP contribution in [-0.4, -0.2) is 33.9 Å². The topological polar surface area (TPSA) is 81.1 Å². The highest BCUT2D eigenvalue weighted by molar-refractivity contribution is 5.90. The van der Waals surface area contributed by atoms with Crippen molar-refractivity contribution >= 4 is 11.7 Å². The van der Waals surface area contributed by atoms with Crippen LogP contribution in [0.15, 0.2) is 30.9 Å². The zero-order valence-electron chi connectivity index (χ0n) is 12.3. The minimum absolute atomic E-state index is 0.0646. The summed E-state index contributed by atoms with van der Waals surface area (Å²) in [5, 5.41) is 9.67. The summed E-state index contributed by atoms with van der Waals surface area (Å²) < 4.78 is 6.80. The fourth-order valence-electron chi connectivity index (χ4n) is 1.94. The zero-order valence-corrected chi connectivity index (χ0v) is 12.3. The lowest BCUT2D eigenvalue weighted by Gasteiger charge is -2.15. The van der Waals surface area contributed by atoms with Crippen molar-refractivity contribution in [2.75, 3.05) is 12.4 Å². The summed E-state index contributed by atoms with van der Waals surface area (Å²) in [6.07, 6.45) is 3.08. The number of hydrogen-bond donors (Lipinski definition) is 2. The first-order valence-corrected chi connectivity index (χ1v) is 6.63.